The minimum Gasteiger partial charge on any atom is -0.338 e. The van der Waals surface area contributed by atoms with Crippen LogP contribution in [0.1, 0.15) is 44.9 Å². The summed E-state index contributed by atoms with van der Waals surface area (Å²) in [4.78, 5) is 2.17. The van der Waals surface area contributed by atoms with E-state index in [2.05, 4.69) is 37.3 Å². The summed E-state index contributed by atoms with van der Waals surface area (Å²) in [5.74, 6) is 2.08. The van der Waals surface area contributed by atoms with Crippen molar-refractivity contribution >= 4 is 11.7 Å². The highest BCUT2D eigenvalue weighted by molar-refractivity contribution is 5.32. The van der Waals surface area contributed by atoms with E-state index in [0.29, 0.717) is 11.7 Å². The molecule has 0 aliphatic carbocycles. The van der Waals surface area contributed by atoms with Gasteiger partial charge in [-0.25, -0.2) is 0 Å². The van der Waals surface area contributed by atoms with Gasteiger partial charge in [0.15, 0.2) is 5.82 Å². The number of aromatic nitrogens is 6. The maximum Gasteiger partial charge on any atom is 0.290 e. The van der Waals surface area contributed by atoms with Crippen molar-refractivity contribution in [2.75, 3.05) is 18.0 Å². The molecule has 0 atom stereocenters. The van der Waals surface area contributed by atoms with Crippen LogP contribution < -0.4 is 4.90 Å². The quantitative estimate of drug-likeness (QED) is 0.754. The van der Waals surface area contributed by atoms with Crippen LogP contribution in [0.2, 0.25) is 0 Å². The van der Waals surface area contributed by atoms with Gasteiger partial charge in [0.05, 0.1) is 0 Å². The molecule has 2 aromatic rings. The monoisotopic (exact) mass is 261 g/mol. The second-order valence-corrected chi connectivity index (χ2v) is 4.98. The molecule has 0 N–H and O–H groups in total. The molecule has 1 fully saturated rings. The van der Waals surface area contributed by atoms with Crippen molar-refractivity contribution in [3.8, 4) is 0 Å². The number of aryl methyl sites for hydroxylation is 1. The van der Waals surface area contributed by atoms with Crippen LogP contribution in [0.4, 0.5) is 5.95 Å². The third kappa shape index (κ3) is 2.50. The summed E-state index contributed by atoms with van der Waals surface area (Å²) in [6, 6.07) is 0. The van der Waals surface area contributed by atoms with E-state index in [4.69, 9.17) is 0 Å². The van der Waals surface area contributed by atoms with Crippen LogP contribution in [0.15, 0.2) is 0 Å². The molecular formula is C12H19N7. The molecule has 0 aromatic carbocycles. The predicted octanol–water partition coefficient (Wildman–Crippen LogP) is 1.25. The number of hydrogen-bond donors (Lipinski definition) is 0. The van der Waals surface area contributed by atoms with Crippen molar-refractivity contribution in [2.24, 2.45) is 0 Å². The van der Waals surface area contributed by atoms with Crippen LogP contribution in [0, 0.1) is 0 Å². The Morgan fingerprint density at radius 1 is 1.00 bits per heavy atom. The molecule has 19 heavy (non-hydrogen) atoms. The minimum absolute atomic E-state index is 0.495. The Labute approximate surface area is 112 Å². The summed E-state index contributed by atoms with van der Waals surface area (Å²) in [6.07, 6.45) is 6.81. The predicted molar refractivity (Wildman–Crippen MR) is 71.0 cm³/mol. The minimum atomic E-state index is 0.495. The molecule has 102 valence electrons. The molecule has 1 aliphatic rings. The molecule has 0 radical (unpaired) electrons. The van der Waals surface area contributed by atoms with E-state index in [-0.39, 0.29) is 0 Å². The molecule has 0 saturated carbocycles. The van der Waals surface area contributed by atoms with Crippen molar-refractivity contribution < 1.29 is 0 Å². The first-order valence-corrected chi connectivity index (χ1v) is 7.08. The molecule has 0 bridgehead atoms. The third-order valence-electron chi connectivity index (χ3n) is 3.50. The van der Waals surface area contributed by atoms with E-state index < -0.39 is 0 Å². The Balaban J connectivity index is 1.84. The first-order chi connectivity index (χ1) is 9.38. The lowest BCUT2D eigenvalue weighted by Crippen LogP contribution is -2.22. The van der Waals surface area contributed by atoms with Crippen LogP contribution in [-0.4, -0.2) is 43.1 Å². The van der Waals surface area contributed by atoms with Gasteiger partial charge in [-0.3, -0.25) is 0 Å². The van der Waals surface area contributed by atoms with E-state index >= 15 is 0 Å². The Bertz CT molecular complexity index is 544. The van der Waals surface area contributed by atoms with Crippen LogP contribution in [0.5, 0.6) is 0 Å². The van der Waals surface area contributed by atoms with Crippen molar-refractivity contribution in [3.63, 3.8) is 0 Å². The van der Waals surface area contributed by atoms with Gasteiger partial charge in [-0.05, 0) is 19.3 Å². The second-order valence-electron chi connectivity index (χ2n) is 4.98. The van der Waals surface area contributed by atoms with E-state index in [0.717, 1.165) is 31.8 Å². The molecule has 7 heteroatoms. The molecule has 3 rings (SSSR count). The SMILES string of the molecule is CCCCCc1nnc2nnc(N3CCCC3)nn12. The lowest BCUT2D eigenvalue weighted by Gasteiger charge is -2.13. The van der Waals surface area contributed by atoms with Gasteiger partial charge in [-0.15, -0.1) is 25.5 Å². The fourth-order valence-corrected chi connectivity index (χ4v) is 2.40. The Morgan fingerprint density at radius 2 is 1.79 bits per heavy atom. The summed E-state index contributed by atoms with van der Waals surface area (Å²) in [5, 5.41) is 21.0. The zero-order chi connectivity index (χ0) is 13.1. The molecule has 1 aliphatic heterocycles. The van der Waals surface area contributed by atoms with E-state index in [1.165, 1.54) is 25.7 Å². The highest BCUT2D eigenvalue weighted by atomic mass is 15.5. The van der Waals surface area contributed by atoms with Gasteiger partial charge in [0.1, 0.15) is 0 Å². The van der Waals surface area contributed by atoms with Crippen molar-refractivity contribution in [3.05, 3.63) is 5.82 Å². The van der Waals surface area contributed by atoms with Crippen LogP contribution >= 0.6 is 0 Å². The lowest BCUT2D eigenvalue weighted by molar-refractivity contribution is 0.667. The zero-order valence-corrected chi connectivity index (χ0v) is 11.3. The van der Waals surface area contributed by atoms with E-state index in [9.17, 15) is 0 Å². The summed E-state index contributed by atoms with van der Waals surface area (Å²) < 4.78 is 1.75. The Hall–Kier alpha value is -1.79. The first kappa shape index (κ1) is 12.3. The molecule has 2 aromatic heterocycles. The van der Waals surface area contributed by atoms with Crippen LogP contribution in [0.25, 0.3) is 5.78 Å². The highest BCUT2D eigenvalue weighted by Gasteiger charge is 2.17. The zero-order valence-electron chi connectivity index (χ0n) is 11.3. The number of hydrogen-bond acceptors (Lipinski definition) is 6. The van der Waals surface area contributed by atoms with Crippen molar-refractivity contribution in [1.82, 2.24) is 30.0 Å². The normalized spacial score (nSPS) is 15.5. The largest absolute Gasteiger partial charge is 0.338 e. The Morgan fingerprint density at radius 3 is 2.58 bits per heavy atom. The number of fused-ring (bicyclic) bond motifs is 1. The smallest absolute Gasteiger partial charge is 0.290 e. The fraction of sp³-hybridized carbons (Fsp3) is 0.750. The average molecular weight is 261 g/mol. The van der Waals surface area contributed by atoms with Gasteiger partial charge in [0, 0.05) is 19.5 Å². The van der Waals surface area contributed by atoms with Crippen LogP contribution in [-0.2, 0) is 6.42 Å². The molecule has 0 spiro atoms. The van der Waals surface area contributed by atoms with Gasteiger partial charge in [-0.1, -0.05) is 19.8 Å². The number of anilines is 1. The molecule has 0 amide bonds. The number of unbranched alkanes of at least 4 members (excludes halogenated alkanes) is 2. The molecule has 1 saturated heterocycles. The Kier molecular flexibility index (Phi) is 3.52. The van der Waals surface area contributed by atoms with Crippen molar-refractivity contribution in [2.45, 2.75) is 45.4 Å². The topological polar surface area (TPSA) is 72.1 Å². The lowest BCUT2D eigenvalue weighted by atomic mass is 10.2. The van der Waals surface area contributed by atoms with E-state index in [1.54, 1.807) is 4.52 Å². The fourth-order valence-electron chi connectivity index (χ4n) is 2.40. The summed E-state index contributed by atoms with van der Waals surface area (Å²) in [6.45, 7) is 4.22. The number of nitrogens with zero attached hydrogens (tertiary/aromatic N) is 7. The molecule has 3 heterocycles. The maximum absolute atomic E-state index is 4.54. The van der Waals surface area contributed by atoms with Gasteiger partial charge < -0.3 is 4.90 Å². The van der Waals surface area contributed by atoms with Gasteiger partial charge >= 0.3 is 0 Å². The second kappa shape index (κ2) is 5.46. The molecule has 0 unspecified atom stereocenters. The van der Waals surface area contributed by atoms with Gasteiger partial charge in [0.2, 0.25) is 0 Å². The molecular weight excluding hydrogens is 242 g/mol. The average Bonchev–Trinajstić information content (AvgIpc) is 3.08. The third-order valence-corrected chi connectivity index (χ3v) is 3.50. The maximum atomic E-state index is 4.54. The summed E-state index contributed by atoms with van der Waals surface area (Å²) >= 11 is 0. The van der Waals surface area contributed by atoms with Gasteiger partial charge in [-0.2, -0.15) is 4.52 Å². The van der Waals surface area contributed by atoms with E-state index in [1.807, 2.05) is 0 Å². The number of rotatable bonds is 5. The van der Waals surface area contributed by atoms with Gasteiger partial charge in [0.25, 0.3) is 11.7 Å². The van der Waals surface area contributed by atoms with Crippen LogP contribution in [0.3, 0.4) is 0 Å². The highest BCUT2D eigenvalue weighted by Crippen LogP contribution is 2.14. The molecule has 7 nitrogen and oxygen atoms in total. The summed E-state index contributed by atoms with van der Waals surface area (Å²) in [5.41, 5.74) is 0. The summed E-state index contributed by atoms with van der Waals surface area (Å²) in [7, 11) is 0. The standard InChI is InChI=1S/C12H19N7/c1-2-3-4-7-10-13-14-11-15-16-12(17-19(10)11)18-8-5-6-9-18/h2-9H2,1H3. The first-order valence-electron chi connectivity index (χ1n) is 7.08. The van der Waals surface area contributed by atoms with Crippen molar-refractivity contribution in [1.29, 1.82) is 0 Å².